The number of amides is 1. The van der Waals surface area contributed by atoms with Crippen LogP contribution in [0.15, 0.2) is 6.33 Å². The van der Waals surface area contributed by atoms with Crippen LogP contribution >= 0.6 is 11.3 Å². The SMILES string of the molecule is CC(C)NC(=O)COc1ncnc2sc3c(c12)CCCCC3. The Hall–Kier alpha value is -1.69. The number of rotatable bonds is 4. The lowest BCUT2D eigenvalue weighted by atomic mass is 10.1. The Morgan fingerprint density at radius 2 is 2.14 bits per heavy atom. The number of ether oxygens (including phenoxy) is 1. The standard InChI is InChI=1S/C16H21N3O2S/c1-10(2)19-13(20)8-21-15-14-11-6-4-3-5-7-12(11)22-16(14)18-9-17-15/h9-10H,3-8H2,1-2H3,(H,19,20). The van der Waals surface area contributed by atoms with E-state index in [0.717, 1.165) is 23.1 Å². The van der Waals surface area contributed by atoms with E-state index < -0.39 is 0 Å². The highest BCUT2D eigenvalue weighted by Gasteiger charge is 2.20. The van der Waals surface area contributed by atoms with Crippen molar-refractivity contribution in [2.75, 3.05) is 6.61 Å². The molecule has 0 aromatic carbocycles. The zero-order valence-corrected chi connectivity index (χ0v) is 13.8. The molecule has 0 bridgehead atoms. The lowest BCUT2D eigenvalue weighted by molar-refractivity contribution is -0.123. The predicted octanol–water partition coefficient (Wildman–Crippen LogP) is 2.86. The molecular weight excluding hydrogens is 298 g/mol. The van der Waals surface area contributed by atoms with Crippen LogP contribution in [0.25, 0.3) is 10.2 Å². The third-order valence-corrected chi connectivity index (χ3v) is 4.96. The molecule has 6 heteroatoms. The van der Waals surface area contributed by atoms with Crippen molar-refractivity contribution in [1.29, 1.82) is 0 Å². The first kappa shape index (κ1) is 15.2. The van der Waals surface area contributed by atoms with Gasteiger partial charge in [-0.1, -0.05) is 6.42 Å². The van der Waals surface area contributed by atoms with E-state index in [9.17, 15) is 4.79 Å². The first-order chi connectivity index (χ1) is 10.6. The summed E-state index contributed by atoms with van der Waals surface area (Å²) in [6.45, 7) is 3.86. The van der Waals surface area contributed by atoms with Gasteiger partial charge in [0.2, 0.25) is 5.88 Å². The second-order valence-electron chi connectivity index (χ2n) is 5.93. The van der Waals surface area contributed by atoms with Crippen LogP contribution in [-0.2, 0) is 17.6 Å². The van der Waals surface area contributed by atoms with Crippen LogP contribution in [0.4, 0.5) is 0 Å². The van der Waals surface area contributed by atoms with Gasteiger partial charge in [0.05, 0.1) is 5.39 Å². The molecule has 1 amide bonds. The van der Waals surface area contributed by atoms with Gasteiger partial charge in [0.25, 0.3) is 5.91 Å². The zero-order valence-electron chi connectivity index (χ0n) is 13.0. The van der Waals surface area contributed by atoms with E-state index >= 15 is 0 Å². The molecule has 1 aliphatic carbocycles. The molecule has 1 aliphatic rings. The smallest absolute Gasteiger partial charge is 0.258 e. The van der Waals surface area contributed by atoms with Crippen molar-refractivity contribution in [2.45, 2.75) is 52.0 Å². The second kappa shape index (κ2) is 6.60. The van der Waals surface area contributed by atoms with E-state index in [2.05, 4.69) is 15.3 Å². The van der Waals surface area contributed by atoms with Crippen LogP contribution in [0.5, 0.6) is 5.88 Å². The molecule has 0 spiro atoms. The van der Waals surface area contributed by atoms with Gasteiger partial charge in [0, 0.05) is 10.9 Å². The van der Waals surface area contributed by atoms with Crippen LogP contribution in [0, 0.1) is 0 Å². The predicted molar refractivity (Wildman–Crippen MR) is 87.4 cm³/mol. The molecule has 22 heavy (non-hydrogen) atoms. The number of carbonyl (C=O) groups excluding carboxylic acids is 1. The molecule has 3 rings (SSSR count). The van der Waals surface area contributed by atoms with Gasteiger partial charge in [-0.3, -0.25) is 4.79 Å². The highest BCUT2D eigenvalue weighted by atomic mass is 32.1. The van der Waals surface area contributed by atoms with Gasteiger partial charge in [0.1, 0.15) is 11.2 Å². The van der Waals surface area contributed by atoms with Crippen molar-refractivity contribution in [2.24, 2.45) is 0 Å². The third-order valence-electron chi connectivity index (χ3n) is 3.76. The molecule has 0 saturated carbocycles. The Morgan fingerprint density at radius 3 is 2.95 bits per heavy atom. The Labute approximate surface area is 134 Å². The molecule has 0 aliphatic heterocycles. The number of nitrogens with zero attached hydrogens (tertiary/aromatic N) is 2. The Balaban J connectivity index is 1.86. The molecule has 0 fully saturated rings. The van der Waals surface area contributed by atoms with Gasteiger partial charge < -0.3 is 10.1 Å². The van der Waals surface area contributed by atoms with Crippen molar-refractivity contribution in [3.63, 3.8) is 0 Å². The summed E-state index contributed by atoms with van der Waals surface area (Å²) < 4.78 is 5.69. The molecule has 0 unspecified atom stereocenters. The summed E-state index contributed by atoms with van der Waals surface area (Å²) in [5.41, 5.74) is 1.33. The van der Waals surface area contributed by atoms with Crippen LogP contribution < -0.4 is 10.1 Å². The summed E-state index contributed by atoms with van der Waals surface area (Å²) in [4.78, 5) is 22.8. The van der Waals surface area contributed by atoms with Gasteiger partial charge in [0.15, 0.2) is 6.61 Å². The minimum atomic E-state index is -0.122. The monoisotopic (exact) mass is 319 g/mol. The van der Waals surface area contributed by atoms with Crippen LogP contribution in [-0.4, -0.2) is 28.5 Å². The fraction of sp³-hybridized carbons (Fsp3) is 0.562. The van der Waals surface area contributed by atoms with Crippen LogP contribution in [0.3, 0.4) is 0 Å². The number of fused-ring (bicyclic) bond motifs is 3. The summed E-state index contributed by atoms with van der Waals surface area (Å²) in [5.74, 6) is 0.423. The molecule has 2 aromatic rings. The third kappa shape index (κ3) is 3.21. The highest BCUT2D eigenvalue weighted by molar-refractivity contribution is 7.18. The Morgan fingerprint density at radius 1 is 1.32 bits per heavy atom. The molecule has 0 radical (unpaired) electrons. The number of aromatic nitrogens is 2. The summed E-state index contributed by atoms with van der Waals surface area (Å²) in [5, 5.41) is 3.84. The van der Waals surface area contributed by atoms with Gasteiger partial charge >= 0.3 is 0 Å². The maximum atomic E-state index is 11.8. The van der Waals surface area contributed by atoms with Gasteiger partial charge in [-0.05, 0) is 45.1 Å². The average Bonchev–Trinajstić information content (AvgIpc) is 2.67. The summed E-state index contributed by atoms with van der Waals surface area (Å²) in [7, 11) is 0. The highest BCUT2D eigenvalue weighted by Crippen LogP contribution is 2.38. The van der Waals surface area contributed by atoms with E-state index in [4.69, 9.17) is 4.74 Å². The lowest BCUT2D eigenvalue weighted by Gasteiger charge is -2.10. The van der Waals surface area contributed by atoms with E-state index in [-0.39, 0.29) is 18.6 Å². The first-order valence-electron chi connectivity index (χ1n) is 7.82. The molecule has 1 N–H and O–H groups in total. The molecule has 2 heterocycles. The minimum absolute atomic E-state index is 0.00505. The Bertz CT molecular complexity index is 681. The Kier molecular flexibility index (Phi) is 4.57. The minimum Gasteiger partial charge on any atom is -0.467 e. The van der Waals surface area contributed by atoms with Gasteiger partial charge in [-0.2, -0.15) is 0 Å². The first-order valence-corrected chi connectivity index (χ1v) is 8.64. The maximum Gasteiger partial charge on any atom is 0.258 e. The quantitative estimate of drug-likeness (QED) is 0.880. The molecule has 118 valence electrons. The maximum absolute atomic E-state index is 11.8. The molecule has 0 atom stereocenters. The van der Waals surface area contributed by atoms with Gasteiger partial charge in [-0.15, -0.1) is 11.3 Å². The normalized spacial score (nSPS) is 14.7. The topological polar surface area (TPSA) is 64.1 Å². The van der Waals surface area contributed by atoms with Crippen molar-refractivity contribution in [3.8, 4) is 5.88 Å². The average molecular weight is 319 g/mol. The largest absolute Gasteiger partial charge is 0.467 e. The summed E-state index contributed by atoms with van der Waals surface area (Å²) in [6.07, 6.45) is 7.39. The van der Waals surface area contributed by atoms with Crippen molar-refractivity contribution in [1.82, 2.24) is 15.3 Å². The number of hydrogen-bond acceptors (Lipinski definition) is 5. The fourth-order valence-corrected chi connectivity index (χ4v) is 4.06. The van der Waals surface area contributed by atoms with Crippen molar-refractivity contribution < 1.29 is 9.53 Å². The van der Waals surface area contributed by atoms with Crippen molar-refractivity contribution in [3.05, 3.63) is 16.8 Å². The zero-order chi connectivity index (χ0) is 15.5. The lowest BCUT2D eigenvalue weighted by Crippen LogP contribution is -2.34. The number of thiophene rings is 1. The molecule has 5 nitrogen and oxygen atoms in total. The van der Waals surface area contributed by atoms with E-state index in [0.29, 0.717) is 5.88 Å². The van der Waals surface area contributed by atoms with Gasteiger partial charge in [-0.25, -0.2) is 9.97 Å². The van der Waals surface area contributed by atoms with E-state index in [1.54, 1.807) is 11.3 Å². The summed E-state index contributed by atoms with van der Waals surface area (Å²) >= 11 is 1.74. The number of nitrogens with one attached hydrogen (secondary N) is 1. The molecule has 0 saturated heterocycles. The second-order valence-corrected chi connectivity index (χ2v) is 7.02. The van der Waals surface area contributed by atoms with E-state index in [1.165, 1.54) is 36.0 Å². The fourth-order valence-electron chi connectivity index (χ4n) is 2.85. The van der Waals surface area contributed by atoms with Crippen LogP contribution in [0.1, 0.15) is 43.6 Å². The molecular formula is C16H21N3O2S. The van der Waals surface area contributed by atoms with E-state index in [1.807, 2.05) is 13.8 Å². The van der Waals surface area contributed by atoms with Crippen LogP contribution in [0.2, 0.25) is 0 Å². The summed E-state index contributed by atoms with van der Waals surface area (Å²) in [6, 6.07) is 0.110. The number of hydrogen-bond donors (Lipinski definition) is 1. The number of carbonyl (C=O) groups is 1. The number of aryl methyl sites for hydroxylation is 2. The van der Waals surface area contributed by atoms with Crippen molar-refractivity contribution >= 4 is 27.5 Å². The molecule has 2 aromatic heterocycles.